The van der Waals surface area contributed by atoms with Crippen LogP contribution in [0.3, 0.4) is 0 Å². The van der Waals surface area contributed by atoms with Gasteiger partial charge in [-0.2, -0.15) is 0 Å². The summed E-state index contributed by atoms with van der Waals surface area (Å²) in [5, 5.41) is 8.19. The summed E-state index contributed by atoms with van der Waals surface area (Å²) in [5.74, 6) is 0. The normalized spacial score (nSPS) is 10.1. The second-order valence-electron chi connectivity index (χ2n) is 4.80. The summed E-state index contributed by atoms with van der Waals surface area (Å²) in [4.78, 5) is 0. The Balaban J connectivity index is 0.000000374. The van der Waals surface area contributed by atoms with Crippen molar-refractivity contribution in [1.82, 2.24) is 0 Å². The van der Waals surface area contributed by atoms with Gasteiger partial charge in [-0.3, -0.25) is 0 Å². The first kappa shape index (κ1) is 15.3. The average molecular weight is 276 g/mol. The molecule has 0 radical (unpaired) electrons. The van der Waals surface area contributed by atoms with Gasteiger partial charge in [0.05, 0.1) is 0 Å². The minimum Gasteiger partial charge on any atom is -0.0683 e. The van der Waals surface area contributed by atoms with Crippen LogP contribution < -0.4 is 0 Å². The Morgan fingerprint density at radius 3 is 1.38 bits per heavy atom. The molecule has 4 aromatic rings. The number of hydrogen-bond acceptors (Lipinski definition) is 0. The smallest absolute Gasteiger partial charge is 0.00266 e. The molecule has 0 nitrogen and oxygen atoms in total. The molecule has 0 amide bonds. The summed E-state index contributed by atoms with van der Waals surface area (Å²) in [5.41, 5.74) is 1.33. The maximum absolute atomic E-state index is 2.27. The number of hydrogen-bond donors (Lipinski definition) is 0. The highest BCUT2D eigenvalue weighted by atomic mass is 14.1. The lowest BCUT2D eigenvalue weighted by Gasteiger charge is -2.11. The summed E-state index contributed by atoms with van der Waals surface area (Å²) in [6, 6.07) is 20.0. The van der Waals surface area contributed by atoms with Crippen molar-refractivity contribution in [3.8, 4) is 0 Å². The largest absolute Gasteiger partial charge is 0.0683 e. The summed E-state index contributed by atoms with van der Waals surface area (Å²) in [7, 11) is 0. The van der Waals surface area contributed by atoms with Crippen LogP contribution >= 0.6 is 0 Å². The molecule has 0 bridgehead atoms. The van der Waals surface area contributed by atoms with Gasteiger partial charge in [-0.05, 0) is 44.8 Å². The Morgan fingerprint density at radius 1 is 0.524 bits per heavy atom. The first-order chi connectivity index (χ1) is 10.3. The van der Waals surface area contributed by atoms with Crippen LogP contribution in [0.4, 0.5) is 0 Å². The lowest BCUT2D eigenvalue weighted by atomic mass is 9.93. The minimum atomic E-state index is 1.33. The second kappa shape index (κ2) is 6.58. The van der Waals surface area contributed by atoms with Gasteiger partial charge in [-0.1, -0.05) is 82.3 Å². The molecule has 0 heteroatoms. The number of aryl methyl sites for hydroxylation is 1. The molecule has 0 fully saturated rings. The third kappa shape index (κ3) is 2.58. The van der Waals surface area contributed by atoms with Gasteiger partial charge < -0.3 is 0 Å². The van der Waals surface area contributed by atoms with E-state index in [-0.39, 0.29) is 0 Å². The first-order valence-corrected chi connectivity index (χ1v) is 7.97. The highest BCUT2D eigenvalue weighted by Crippen LogP contribution is 2.34. The highest BCUT2D eigenvalue weighted by molar-refractivity contribution is 6.23. The van der Waals surface area contributed by atoms with Crippen molar-refractivity contribution >= 4 is 32.3 Å². The number of rotatable bonds is 0. The van der Waals surface area contributed by atoms with E-state index in [0.717, 1.165) is 0 Å². The molecule has 21 heavy (non-hydrogen) atoms. The third-order valence-electron chi connectivity index (χ3n) is 3.61. The van der Waals surface area contributed by atoms with Gasteiger partial charge >= 0.3 is 0 Å². The Hall–Kier alpha value is -2.08. The molecule has 0 aromatic heterocycles. The molecule has 0 spiro atoms. The summed E-state index contributed by atoms with van der Waals surface area (Å²) in [6.07, 6.45) is 0. The van der Waals surface area contributed by atoms with Crippen molar-refractivity contribution in [2.24, 2.45) is 0 Å². The zero-order valence-electron chi connectivity index (χ0n) is 13.7. The van der Waals surface area contributed by atoms with Gasteiger partial charge in [0.15, 0.2) is 0 Å². The zero-order valence-corrected chi connectivity index (χ0v) is 13.7. The van der Waals surface area contributed by atoms with Crippen molar-refractivity contribution in [3.63, 3.8) is 0 Å². The molecule has 0 unspecified atom stereocenters. The van der Waals surface area contributed by atoms with Gasteiger partial charge in [0.2, 0.25) is 0 Å². The fourth-order valence-corrected chi connectivity index (χ4v) is 2.91. The predicted molar refractivity (Wildman–Crippen MR) is 97.6 cm³/mol. The van der Waals surface area contributed by atoms with E-state index in [0.29, 0.717) is 0 Å². The molecule has 0 saturated carbocycles. The van der Waals surface area contributed by atoms with Crippen LogP contribution in [0.2, 0.25) is 0 Å². The quantitative estimate of drug-likeness (QED) is 0.305. The predicted octanol–water partition coefficient (Wildman–Crippen LogP) is 6.94. The average Bonchev–Trinajstić information content (AvgIpc) is 2.56. The molecular weight excluding hydrogens is 252 g/mol. The lowest BCUT2D eigenvalue weighted by Crippen LogP contribution is -1.84. The van der Waals surface area contributed by atoms with Crippen LogP contribution in [0.15, 0.2) is 54.6 Å². The van der Waals surface area contributed by atoms with Crippen LogP contribution in [0.25, 0.3) is 32.3 Å². The Kier molecular flexibility index (Phi) is 4.80. The van der Waals surface area contributed by atoms with Gasteiger partial charge in [0.1, 0.15) is 0 Å². The molecule has 0 saturated heterocycles. The molecule has 0 aliphatic rings. The molecule has 0 N–H and O–H groups in total. The Labute approximate surface area is 127 Å². The number of benzene rings is 4. The Bertz CT molecular complexity index is 776. The van der Waals surface area contributed by atoms with Crippen LogP contribution in [0, 0.1) is 6.92 Å². The van der Waals surface area contributed by atoms with Crippen LogP contribution in [-0.2, 0) is 0 Å². The molecular formula is C21H24. The lowest BCUT2D eigenvalue weighted by molar-refractivity contribution is 1.50. The fraction of sp³-hybridized carbons (Fsp3) is 0.238. The summed E-state index contributed by atoms with van der Waals surface area (Å²) in [6.45, 7) is 10.2. The zero-order chi connectivity index (χ0) is 15.4. The van der Waals surface area contributed by atoms with Crippen LogP contribution in [0.1, 0.15) is 33.3 Å². The van der Waals surface area contributed by atoms with Crippen molar-refractivity contribution in [3.05, 3.63) is 60.2 Å². The van der Waals surface area contributed by atoms with E-state index in [1.165, 1.54) is 37.9 Å². The first-order valence-electron chi connectivity index (χ1n) is 7.97. The molecule has 0 aliphatic carbocycles. The molecule has 108 valence electrons. The monoisotopic (exact) mass is 276 g/mol. The molecule has 0 atom stereocenters. The third-order valence-corrected chi connectivity index (χ3v) is 3.61. The van der Waals surface area contributed by atoms with E-state index in [9.17, 15) is 0 Å². The minimum absolute atomic E-state index is 1.33. The van der Waals surface area contributed by atoms with Gasteiger partial charge in [0, 0.05) is 0 Å². The SMILES string of the molecule is CC.CC.Cc1cc2ccc3cccc4ccc(c1)c2c34. The van der Waals surface area contributed by atoms with E-state index in [4.69, 9.17) is 0 Å². The van der Waals surface area contributed by atoms with Gasteiger partial charge in [-0.25, -0.2) is 0 Å². The van der Waals surface area contributed by atoms with E-state index >= 15 is 0 Å². The molecule has 4 aromatic carbocycles. The Morgan fingerprint density at radius 2 is 0.905 bits per heavy atom. The molecule has 4 rings (SSSR count). The maximum Gasteiger partial charge on any atom is -0.00266 e. The van der Waals surface area contributed by atoms with E-state index in [2.05, 4.69) is 61.5 Å². The van der Waals surface area contributed by atoms with E-state index < -0.39 is 0 Å². The van der Waals surface area contributed by atoms with Crippen molar-refractivity contribution < 1.29 is 0 Å². The maximum atomic E-state index is 2.27. The second-order valence-corrected chi connectivity index (χ2v) is 4.80. The fourth-order valence-electron chi connectivity index (χ4n) is 2.91. The van der Waals surface area contributed by atoms with E-state index in [1.54, 1.807) is 0 Å². The summed E-state index contributed by atoms with van der Waals surface area (Å²) < 4.78 is 0. The standard InChI is InChI=1S/C17H12.2C2H6/c1-11-9-14-7-5-12-3-2-4-13-6-8-15(10-11)17(14)16(12)13;2*1-2/h2-10H,1H3;2*1-2H3. The molecule has 0 heterocycles. The van der Waals surface area contributed by atoms with Gasteiger partial charge in [-0.15, -0.1) is 0 Å². The van der Waals surface area contributed by atoms with Crippen molar-refractivity contribution in [1.29, 1.82) is 0 Å². The van der Waals surface area contributed by atoms with Crippen molar-refractivity contribution in [2.75, 3.05) is 0 Å². The topological polar surface area (TPSA) is 0 Å². The summed E-state index contributed by atoms with van der Waals surface area (Å²) >= 11 is 0. The van der Waals surface area contributed by atoms with Crippen LogP contribution in [-0.4, -0.2) is 0 Å². The van der Waals surface area contributed by atoms with Gasteiger partial charge in [0.25, 0.3) is 0 Å². The molecule has 0 aliphatic heterocycles. The highest BCUT2D eigenvalue weighted by Gasteiger charge is 2.07. The van der Waals surface area contributed by atoms with Crippen LogP contribution in [0.5, 0.6) is 0 Å². The van der Waals surface area contributed by atoms with E-state index in [1.807, 2.05) is 27.7 Å². The van der Waals surface area contributed by atoms with Crippen molar-refractivity contribution in [2.45, 2.75) is 34.6 Å².